The molecule has 0 spiro atoms. The van der Waals surface area contributed by atoms with Crippen molar-refractivity contribution in [3.05, 3.63) is 81.5 Å². The van der Waals surface area contributed by atoms with E-state index >= 15 is 0 Å². The normalized spacial score (nSPS) is 11.1. The fourth-order valence-electron chi connectivity index (χ4n) is 3.62. The highest BCUT2D eigenvalue weighted by Gasteiger charge is 2.15. The van der Waals surface area contributed by atoms with Crippen molar-refractivity contribution < 1.29 is 9.32 Å². The molecule has 0 atom stereocenters. The maximum absolute atomic E-state index is 12.2. The summed E-state index contributed by atoms with van der Waals surface area (Å²) in [6, 6.07) is 15.5. The summed E-state index contributed by atoms with van der Waals surface area (Å²) in [6.07, 6.45) is 2.26. The number of aromatic amines is 1. The molecule has 0 radical (unpaired) electrons. The Morgan fingerprint density at radius 2 is 1.68 bits per heavy atom. The first kappa shape index (κ1) is 28.6. The van der Waals surface area contributed by atoms with Gasteiger partial charge in [-0.1, -0.05) is 74.5 Å². The number of rotatable bonds is 10. The Bertz CT molecular complexity index is 1320. The van der Waals surface area contributed by atoms with Crippen molar-refractivity contribution in [3.63, 3.8) is 0 Å². The largest absolute Gasteiger partial charge is 0.368 e. The summed E-state index contributed by atoms with van der Waals surface area (Å²) >= 11 is 0. The quantitative estimate of drug-likeness (QED) is 0.329. The number of nitrogens with one attached hydrogen (secondary N) is 3. The molecule has 0 aliphatic carbocycles. The summed E-state index contributed by atoms with van der Waals surface area (Å²) < 4.78 is 5.37. The number of carbonyl (C=O) groups is 1. The van der Waals surface area contributed by atoms with Crippen molar-refractivity contribution >= 4 is 11.7 Å². The lowest BCUT2D eigenvalue weighted by Gasteiger charge is -2.18. The summed E-state index contributed by atoms with van der Waals surface area (Å²) in [5.74, 6) is 1.66. The Balaban J connectivity index is 1.38. The van der Waals surface area contributed by atoms with Gasteiger partial charge in [0.05, 0.1) is 0 Å². The molecule has 0 bridgehead atoms. The van der Waals surface area contributed by atoms with Crippen LogP contribution in [-0.2, 0) is 16.6 Å². The maximum Gasteiger partial charge on any atom is 0.267 e. The monoisotopic (exact) mass is 518 g/mol. The molecule has 0 saturated heterocycles. The number of benzene rings is 1. The molecular formula is C29H38N6O3. The summed E-state index contributed by atoms with van der Waals surface area (Å²) in [5.41, 5.74) is 3.46. The van der Waals surface area contributed by atoms with Crippen LogP contribution in [0.5, 0.6) is 0 Å². The van der Waals surface area contributed by atoms with Gasteiger partial charge in [0.25, 0.3) is 5.56 Å². The Labute approximate surface area is 223 Å². The minimum atomic E-state index is -0.248. The minimum absolute atomic E-state index is 0.0192. The third-order valence-electron chi connectivity index (χ3n) is 6.04. The van der Waals surface area contributed by atoms with E-state index in [0.29, 0.717) is 61.9 Å². The van der Waals surface area contributed by atoms with Gasteiger partial charge in [-0.2, -0.15) is 10.1 Å². The molecule has 1 amide bonds. The predicted octanol–water partition coefficient (Wildman–Crippen LogP) is 4.80. The van der Waals surface area contributed by atoms with Crippen molar-refractivity contribution in [1.29, 1.82) is 0 Å². The lowest BCUT2D eigenvalue weighted by molar-refractivity contribution is -0.121. The molecule has 3 aromatic rings. The van der Waals surface area contributed by atoms with E-state index in [4.69, 9.17) is 4.52 Å². The standard InChI is InChI=1S/C29H38N6O3/c1-20-10-6-7-11-21(2)28(37)34-33-26(20)31-19-9-18-30-24(36)12-8-13-25-32-27(35-38-25)22-14-16-23(17-15-22)29(3,4)5/h6-7,10-11,14-17H,8-9,12-13,18-19H2,1-5H3,(H,30,36)(H,31,33)(H,34,37). The van der Waals surface area contributed by atoms with Crippen molar-refractivity contribution in [3.8, 4) is 11.4 Å². The number of H-pyrrole nitrogens is 1. The van der Waals surface area contributed by atoms with Gasteiger partial charge >= 0.3 is 0 Å². The Morgan fingerprint density at radius 1 is 0.974 bits per heavy atom. The lowest BCUT2D eigenvalue weighted by atomic mass is 9.87. The zero-order valence-corrected chi connectivity index (χ0v) is 22.9. The number of aryl methyl sites for hydroxylation is 3. The van der Waals surface area contributed by atoms with E-state index in [1.807, 2.05) is 37.3 Å². The predicted molar refractivity (Wildman–Crippen MR) is 149 cm³/mol. The average molecular weight is 519 g/mol. The van der Waals surface area contributed by atoms with Gasteiger partial charge < -0.3 is 15.2 Å². The van der Waals surface area contributed by atoms with Gasteiger partial charge in [-0.15, -0.1) is 0 Å². The second kappa shape index (κ2) is 13.5. The summed E-state index contributed by atoms with van der Waals surface area (Å²) in [4.78, 5) is 28.7. The molecular weight excluding hydrogens is 480 g/mol. The second-order valence-electron chi connectivity index (χ2n) is 10.3. The highest BCUT2D eigenvalue weighted by atomic mass is 16.5. The number of aromatic nitrogens is 4. The third-order valence-corrected chi connectivity index (χ3v) is 6.04. The van der Waals surface area contributed by atoms with Crippen molar-refractivity contribution in [2.45, 2.75) is 65.7 Å². The van der Waals surface area contributed by atoms with Crippen molar-refractivity contribution in [2.75, 3.05) is 18.4 Å². The van der Waals surface area contributed by atoms with Gasteiger partial charge in [-0.25, -0.2) is 5.10 Å². The number of nitrogens with zero attached hydrogens (tertiary/aromatic N) is 3. The van der Waals surface area contributed by atoms with E-state index in [1.54, 1.807) is 13.0 Å². The van der Waals surface area contributed by atoms with Gasteiger partial charge in [0.2, 0.25) is 17.6 Å². The first-order valence-corrected chi connectivity index (χ1v) is 13.0. The maximum atomic E-state index is 12.2. The summed E-state index contributed by atoms with van der Waals surface area (Å²) in [7, 11) is 0. The molecule has 9 nitrogen and oxygen atoms in total. The molecule has 1 aromatic carbocycles. The van der Waals surface area contributed by atoms with Crippen LogP contribution in [0.4, 0.5) is 5.82 Å². The number of anilines is 1. The Kier molecular flexibility index (Phi) is 10.2. The van der Waals surface area contributed by atoms with Crippen LogP contribution in [0.2, 0.25) is 0 Å². The topological polar surface area (TPSA) is 126 Å². The summed E-state index contributed by atoms with van der Waals surface area (Å²) in [6.45, 7) is 11.3. The molecule has 2 aromatic heterocycles. The Hall–Kier alpha value is -4.01. The molecule has 3 N–H and O–H groups in total. The second-order valence-corrected chi connectivity index (χ2v) is 10.3. The summed E-state index contributed by atoms with van der Waals surface area (Å²) in [5, 5.41) is 17.0. The van der Waals surface area contributed by atoms with Crippen LogP contribution in [0.15, 0.2) is 57.8 Å². The number of carbonyl (C=O) groups excluding carboxylic acids is 1. The van der Waals surface area contributed by atoms with Gasteiger partial charge in [0.1, 0.15) is 5.82 Å². The molecule has 0 aliphatic rings. The number of hydrogen-bond acceptors (Lipinski definition) is 7. The van der Waals surface area contributed by atoms with E-state index < -0.39 is 0 Å². The average Bonchev–Trinajstić information content (AvgIpc) is 3.35. The van der Waals surface area contributed by atoms with E-state index in [9.17, 15) is 9.59 Å². The van der Waals surface area contributed by atoms with Gasteiger partial charge in [-0.3, -0.25) is 9.59 Å². The smallest absolute Gasteiger partial charge is 0.267 e. The molecule has 0 unspecified atom stereocenters. The first-order valence-electron chi connectivity index (χ1n) is 13.0. The fraction of sp³-hybridized carbons (Fsp3) is 0.414. The van der Waals surface area contributed by atoms with Crippen LogP contribution >= 0.6 is 0 Å². The molecule has 0 saturated carbocycles. The highest BCUT2D eigenvalue weighted by Crippen LogP contribution is 2.25. The third kappa shape index (κ3) is 8.83. The van der Waals surface area contributed by atoms with Gasteiger partial charge in [-0.05, 0) is 43.2 Å². The lowest BCUT2D eigenvalue weighted by Crippen LogP contribution is -2.25. The van der Waals surface area contributed by atoms with Crippen molar-refractivity contribution in [2.24, 2.45) is 0 Å². The fourth-order valence-corrected chi connectivity index (χ4v) is 3.62. The van der Waals surface area contributed by atoms with Crippen molar-refractivity contribution in [1.82, 2.24) is 25.7 Å². The van der Waals surface area contributed by atoms with Crippen LogP contribution in [-0.4, -0.2) is 39.3 Å². The highest BCUT2D eigenvalue weighted by molar-refractivity contribution is 5.75. The van der Waals surface area contributed by atoms with E-state index in [0.717, 1.165) is 11.1 Å². The van der Waals surface area contributed by atoms with E-state index in [1.165, 1.54) is 5.56 Å². The van der Waals surface area contributed by atoms with Crippen LogP contribution in [0.1, 0.15) is 62.6 Å². The van der Waals surface area contributed by atoms with Crippen LogP contribution in [0.3, 0.4) is 0 Å². The van der Waals surface area contributed by atoms with E-state index in [-0.39, 0.29) is 16.9 Å². The molecule has 202 valence electrons. The Morgan fingerprint density at radius 3 is 2.39 bits per heavy atom. The molecule has 0 fully saturated rings. The van der Waals surface area contributed by atoms with Crippen LogP contribution in [0.25, 0.3) is 11.4 Å². The number of amides is 1. The SMILES string of the molecule is Cc1ccccc(C)c(=O)[nH]nc1NCCCNC(=O)CCCc1nc(-c2ccc(C(C)(C)C)cc2)no1. The molecule has 38 heavy (non-hydrogen) atoms. The van der Waals surface area contributed by atoms with Crippen LogP contribution in [0, 0.1) is 13.8 Å². The first-order chi connectivity index (χ1) is 18.1. The van der Waals surface area contributed by atoms with Crippen LogP contribution < -0.4 is 16.2 Å². The van der Waals surface area contributed by atoms with E-state index in [2.05, 4.69) is 63.9 Å². The zero-order valence-electron chi connectivity index (χ0n) is 22.9. The number of hydrogen-bond donors (Lipinski definition) is 3. The zero-order chi connectivity index (χ0) is 27.5. The molecule has 2 heterocycles. The molecule has 0 aliphatic heterocycles. The minimum Gasteiger partial charge on any atom is -0.368 e. The van der Waals surface area contributed by atoms with Gasteiger partial charge in [0, 0.05) is 37.1 Å². The molecule has 3 rings (SSSR count). The molecule has 9 heteroatoms. The van der Waals surface area contributed by atoms with Gasteiger partial charge in [0.15, 0.2) is 0 Å².